The van der Waals surface area contributed by atoms with E-state index in [-0.39, 0.29) is 5.91 Å². The molecule has 2 heterocycles. The lowest BCUT2D eigenvalue weighted by Gasteiger charge is -2.21. The third-order valence-electron chi connectivity index (χ3n) is 4.83. The molecule has 2 aromatic rings. The van der Waals surface area contributed by atoms with Crippen LogP contribution in [0.1, 0.15) is 35.4 Å². The van der Waals surface area contributed by atoms with E-state index in [1.807, 2.05) is 31.3 Å². The molecule has 0 saturated carbocycles. The number of amides is 1. The number of nitrogens with zero attached hydrogens (tertiary/aromatic N) is 2. The number of likely N-dealkylation sites (N-methyl/N-ethyl adjacent to an activating group) is 1. The van der Waals surface area contributed by atoms with Gasteiger partial charge in [0.05, 0.1) is 12.2 Å². The summed E-state index contributed by atoms with van der Waals surface area (Å²) in [5, 5.41) is 7.56. The highest BCUT2D eigenvalue weighted by atomic mass is 16.5. The van der Waals surface area contributed by atoms with Gasteiger partial charge in [0.2, 0.25) is 0 Å². The third kappa shape index (κ3) is 2.60. The van der Waals surface area contributed by atoms with Gasteiger partial charge in [0, 0.05) is 19.2 Å². The minimum atomic E-state index is -0.410. The molecule has 1 unspecified atom stereocenters. The van der Waals surface area contributed by atoms with Crippen molar-refractivity contribution in [3.8, 4) is 5.75 Å². The molecule has 0 radical (unpaired) electrons. The van der Waals surface area contributed by atoms with Crippen LogP contribution >= 0.6 is 0 Å². The lowest BCUT2D eigenvalue weighted by Crippen LogP contribution is -2.38. The molecule has 5 heteroatoms. The van der Waals surface area contributed by atoms with Crippen molar-refractivity contribution in [2.75, 3.05) is 7.05 Å². The Hall–Kier alpha value is -2.30. The average Bonchev–Trinajstić information content (AvgIpc) is 3.18. The molecular formula is C18H21N3O2. The Morgan fingerprint density at radius 1 is 1.35 bits per heavy atom. The molecule has 1 aromatic carbocycles. The van der Waals surface area contributed by atoms with E-state index in [0.29, 0.717) is 13.0 Å². The average molecular weight is 311 g/mol. The van der Waals surface area contributed by atoms with Crippen LogP contribution in [-0.2, 0) is 30.6 Å². The normalized spacial score (nSPS) is 18.9. The standard InChI is InChI=1S/C18H21N3O2/c1-21(11-15-13-7-3-4-8-14(13)19-20-15)18(22)17-10-12-6-2-5-9-16(12)23-17/h2,5-6,9,17H,3-4,7-8,10-11H2,1H3,(H,19,20). The molecule has 0 fully saturated rings. The lowest BCUT2D eigenvalue weighted by atomic mass is 9.96. The smallest absolute Gasteiger partial charge is 0.264 e. The van der Waals surface area contributed by atoms with Crippen LogP contribution in [0, 0.1) is 0 Å². The number of hydrogen-bond acceptors (Lipinski definition) is 3. The highest BCUT2D eigenvalue weighted by Crippen LogP contribution is 2.29. The number of nitrogens with one attached hydrogen (secondary N) is 1. The van der Waals surface area contributed by atoms with Crippen LogP contribution in [0.2, 0.25) is 0 Å². The quantitative estimate of drug-likeness (QED) is 0.946. The fraction of sp³-hybridized carbons (Fsp3) is 0.444. The van der Waals surface area contributed by atoms with Crippen molar-refractivity contribution in [3.63, 3.8) is 0 Å². The summed E-state index contributed by atoms with van der Waals surface area (Å²) in [4.78, 5) is 14.4. The number of carbonyl (C=O) groups excluding carboxylic acids is 1. The van der Waals surface area contributed by atoms with E-state index in [9.17, 15) is 4.79 Å². The summed E-state index contributed by atoms with van der Waals surface area (Å²) in [6.07, 6.45) is 4.80. The SMILES string of the molecule is CN(Cc1n[nH]c2c1CCCC2)C(=O)C1Cc2ccccc2O1. The minimum Gasteiger partial charge on any atom is -0.480 e. The first-order valence-corrected chi connectivity index (χ1v) is 8.27. The number of aryl methyl sites for hydroxylation is 1. The summed E-state index contributed by atoms with van der Waals surface area (Å²) in [7, 11) is 1.83. The predicted molar refractivity (Wildman–Crippen MR) is 86.3 cm³/mol. The lowest BCUT2D eigenvalue weighted by molar-refractivity contribution is -0.137. The van der Waals surface area contributed by atoms with Gasteiger partial charge in [-0.2, -0.15) is 5.10 Å². The van der Waals surface area contributed by atoms with Gasteiger partial charge < -0.3 is 9.64 Å². The number of aromatic amines is 1. The van der Waals surface area contributed by atoms with Gasteiger partial charge in [-0.05, 0) is 42.9 Å². The van der Waals surface area contributed by atoms with Crippen LogP contribution in [-0.4, -0.2) is 34.2 Å². The molecule has 0 bridgehead atoms. The first-order valence-electron chi connectivity index (χ1n) is 8.27. The fourth-order valence-corrected chi connectivity index (χ4v) is 3.55. The Kier molecular flexibility index (Phi) is 3.56. The van der Waals surface area contributed by atoms with E-state index in [1.165, 1.54) is 24.1 Å². The summed E-state index contributed by atoms with van der Waals surface area (Å²) in [5.74, 6) is 0.852. The number of aromatic nitrogens is 2. The van der Waals surface area contributed by atoms with Crippen molar-refractivity contribution >= 4 is 5.91 Å². The highest BCUT2D eigenvalue weighted by Gasteiger charge is 2.31. The number of para-hydroxylation sites is 1. The Morgan fingerprint density at radius 2 is 2.17 bits per heavy atom. The molecule has 5 nitrogen and oxygen atoms in total. The van der Waals surface area contributed by atoms with E-state index >= 15 is 0 Å². The highest BCUT2D eigenvalue weighted by molar-refractivity contribution is 5.82. The summed E-state index contributed by atoms with van der Waals surface area (Å²) >= 11 is 0. The molecule has 4 rings (SSSR count). The second-order valence-electron chi connectivity index (χ2n) is 6.45. The molecule has 1 N–H and O–H groups in total. The van der Waals surface area contributed by atoms with Crippen LogP contribution in [0.25, 0.3) is 0 Å². The minimum absolute atomic E-state index is 0.0220. The summed E-state index contributed by atoms with van der Waals surface area (Å²) in [5.41, 5.74) is 4.67. The van der Waals surface area contributed by atoms with E-state index in [0.717, 1.165) is 29.8 Å². The Morgan fingerprint density at radius 3 is 3.04 bits per heavy atom. The molecule has 1 aliphatic carbocycles. The van der Waals surface area contributed by atoms with Crippen molar-refractivity contribution in [2.45, 2.75) is 44.8 Å². The maximum Gasteiger partial charge on any atom is 0.264 e. The fourth-order valence-electron chi connectivity index (χ4n) is 3.55. The van der Waals surface area contributed by atoms with Crippen molar-refractivity contribution in [1.82, 2.24) is 15.1 Å². The maximum absolute atomic E-state index is 12.7. The van der Waals surface area contributed by atoms with Crippen molar-refractivity contribution in [2.24, 2.45) is 0 Å². The van der Waals surface area contributed by atoms with Crippen LogP contribution < -0.4 is 4.74 Å². The summed E-state index contributed by atoms with van der Waals surface area (Å²) < 4.78 is 5.80. The van der Waals surface area contributed by atoms with Gasteiger partial charge in [0.1, 0.15) is 5.75 Å². The Balaban J connectivity index is 1.45. The zero-order valence-corrected chi connectivity index (χ0v) is 13.3. The van der Waals surface area contributed by atoms with E-state index in [4.69, 9.17) is 4.74 Å². The largest absolute Gasteiger partial charge is 0.480 e. The third-order valence-corrected chi connectivity index (χ3v) is 4.83. The van der Waals surface area contributed by atoms with Gasteiger partial charge in [0.15, 0.2) is 6.10 Å². The predicted octanol–water partition coefficient (Wildman–Crippen LogP) is 2.25. The topological polar surface area (TPSA) is 58.2 Å². The maximum atomic E-state index is 12.7. The number of fused-ring (bicyclic) bond motifs is 2. The monoisotopic (exact) mass is 311 g/mol. The van der Waals surface area contributed by atoms with Gasteiger partial charge in [-0.15, -0.1) is 0 Å². The molecule has 0 spiro atoms. The Labute approximate surface area is 135 Å². The number of H-pyrrole nitrogens is 1. The molecular weight excluding hydrogens is 290 g/mol. The zero-order valence-electron chi connectivity index (χ0n) is 13.3. The number of ether oxygens (including phenoxy) is 1. The zero-order chi connectivity index (χ0) is 15.8. The van der Waals surface area contributed by atoms with Crippen molar-refractivity contribution in [1.29, 1.82) is 0 Å². The summed E-state index contributed by atoms with van der Waals surface area (Å²) in [6, 6.07) is 7.86. The van der Waals surface area contributed by atoms with Crippen LogP contribution in [0.15, 0.2) is 24.3 Å². The number of benzene rings is 1. The van der Waals surface area contributed by atoms with Crippen LogP contribution in [0.5, 0.6) is 5.75 Å². The molecule has 1 amide bonds. The molecule has 1 aliphatic heterocycles. The van der Waals surface area contributed by atoms with Gasteiger partial charge in [-0.25, -0.2) is 0 Å². The molecule has 0 saturated heterocycles. The number of hydrogen-bond donors (Lipinski definition) is 1. The van der Waals surface area contributed by atoms with Crippen LogP contribution in [0.4, 0.5) is 0 Å². The van der Waals surface area contributed by atoms with Gasteiger partial charge in [0.25, 0.3) is 5.91 Å². The second kappa shape index (κ2) is 5.72. The molecule has 120 valence electrons. The first kappa shape index (κ1) is 14.3. The van der Waals surface area contributed by atoms with Gasteiger partial charge in [-0.1, -0.05) is 18.2 Å². The number of carbonyl (C=O) groups is 1. The van der Waals surface area contributed by atoms with Crippen LogP contribution in [0.3, 0.4) is 0 Å². The van der Waals surface area contributed by atoms with Gasteiger partial charge in [-0.3, -0.25) is 9.89 Å². The van der Waals surface area contributed by atoms with Crippen molar-refractivity contribution < 1.29 is 9.53 Å². The van der Waals surface area contributed by atoms with Crippen molar-refractivity contribution in [3.05, 3.63) is 46.8 Å². The number of rotatable bonds is 3. The Bertz CT molecular complexity index is 713. The van der Waals surface area contributed by atoms with E-state index in [1.54, 1.807) is 4.90 Å². The molecule has 2 aliphatic rings. The van der Waals surface area contributed by atoms with E-state index in [2.05, 4.69) is 10.2 Å². The molecule has 1 atom stereocenters. The van der Waals surface area contributed by atoms with E-state index < -0.39 is 6.10 Å². The summed E-state index contributed by atoms with van der Waals surface area (Å²) in [6.45, 7) is 0.543. The first-order chi connectivity index (χ1) is 11.2. The molecule has 23 heavy (non-hydrogen) atoms. The van der Waals surface area contributed by atoms with Gasteiger partial charge >= 0.3 is 0 Å². The molecule has 1 aromatic heterocycles. The second-order valence-corrected chi connectivity index (χ2v) is 6.45.